The minimum absolute atomic E-state index is 0.0957. The Kier molecular flexibility index (Phi) is 16.4. The summed E-state index contributed by atoms with van der Waals surface area (Å²) in [6.45, 7) is 5.70. The van der Waals surface area contributed by atoms with E-state index in [1.807, 2.05) is 48.5 Å². The lowest BCUT2D eigenvalue weighted by Crippen LogP contribution is -2.17. The molecule has 2 amide bonds. The van der Waals surface area contributed by atoms with Gasteiger partial charge in [-0.05, 0) is 85.3 Å². The van der Waals surface area contributed by atoms with Crippen molar-refractivity contribution in [2.45, 2.75) is 84.5 Å². The molecule has 2 rings (SSSR count). The molecule has 0 aliphatic rings. The maximum absolute atomic E-state index is 12.0. The van der Waals surface area contributed by atoms with Gasteiger partial charge in [0, 0.05) is 12.8 Å². The molecular formula is C31H44N4O4. The molecule has 0 atom stereocenters. The Hall–Kier alpha value is -3.68. The topological polar surface area (TPSA) is 101 Å². The van der Waals surface area contributed by atoms with Gasteiger partial charge in [0.05, 0.1) is 25.6 Å². The van der Waals surface area contributed by atoms with Gasteiger partial charge in [-0.1, -0.05) is 46.0 Å². The predicted molar refractivity (Wildman–Crippen MR) is 157 cm³/mol. The largest absolute Gasteiger partial charge is 0.494 e. The zero-order valence-electron chi connectivity index (χ0n) is 23.5. The van der Waals surface area contributed by atoms with E-state index in [4.69, 9.17) is 9.47 Å². The van der Waals surface area contributed by atoms with E-state index in [0.717, 1.165) is 93.6 Å². The van der Waals surface area contributed by atoms with E-state index in [1.165, 1.54) is 0 Å². The smallest absolute Gasteiger partial charge is 0.240 e. The van der Waals surface area contributed by atoms with Crippen molar-refractivity contribution in [3.63, 3.8) is 0 Å². The molecule has 212 valence electrons. The van der Waals surface area contributed by atoms with E-state index in [1.54, 1.807) is 12.4 Å². The van der Waals surface area contributed by atoms with Crippen LogP contribution in [0.5, 0.6) is 11.5 Å². The minimum atomic E-state index is -0.0957. The van der Waals surface area contributed by atoms with Gasteiger partial charge in [-0.25, -0.2) is 10.9 Å². The highest BCUT2D eigenvalue weighted by Crippen LogP contribution is 2.13. The summed E-state index contributed by atoms with van der Waals surface area (Å²) in [5.74, 6) is 1.48. The molecule has 2 N–H and O–H groups in total. The number of hydrogen-bond acceptors (Lipinski definition) is 6. The Morgan fingerprint density at radius 3 is 1.38 bits per heavy atom. The molecule has 0 fully saturated rings. The van der Waals surface area contributed by atoms with Crippen molar-refractivity contribution in [3.05, 3.63) is 59.7 Å². The monoisotopic (exact) mass is 536 g/mol. The average Bonchev–Trinajstić information content (AvgIpc) is 2.94. The summed E-state index contributed by atoms with van der Waals surface area (Å²) in [6.07, 6.45) is 12.9. The van der Waals surface area contributed by atoms with Crippen LogP contribution in [-0.2, 0) is 9.59 Å². The van der Waals surface area contributed by atoms with Crippen LogP contribution < -0.4 is 20.3 Å². The maximum Gasteiger partial charge on any atom is 0.240 e. The van der Waals surface area contributed by atoms with Gasteiger partial charge >= 0.3 is 0 Å². The van der Waals surface area contributed by atoms with Crippen molar-refractivity contribution >= 4 is 24.2 Å². The van der Waals surface area contributed by atoms with E-state index in [9.17, 15) is 9.59 Å². The average molecular weight is 537 g/mol. The summed E-state index contributed by atoms with van der Waals surface area (Å²) in [7, 11) is 0. The molecule has 0 saturated carbocycles. The normalized spacial score (nSPS) is 11.1. The van der Waals surface area contributed by atoms with Crippen LogP contribution >= 0.6 is 0 Å². The van der Waals surface area contributed by atoms with Crippen LogP contribution in [0.2, 0.25) is 0 Å². The van der Waals surface area contributed by atoms with Crippen molar-refractivity contribution in [1.29, 1.82) is 0 Å². The van der Waals surface area contributed by atoms with Gasteiger partial charge in [-0.2, -0.15) is 10.2 Å². The van der Waals surface area contributed by atoms with Crippen molar-refractivity contribution < 1.29 is 19.1 Å². The SMILES string of the molecule is CCCCOc1ccc(/C=N/NC(=O)CCCCCCCC(=O)N/N=C/c2ccc(OCCCC)cc2)cc1. The number of hydrogen-bond donors (Lipinski definition) is 2. The third-order valence-electron chi connectivity index (χ3n) is 5.91. The molecule has 0 bridgehead atoms. The van der Waals surface area contributed by atoms with Crippen molar-refractivity contribution in [1.82, 2.24) is 10.9 Å². The van der Waals surface area contributed by atoms with Gasteiger partial charge in [0.15, 0.2) is 0 Å². The number of nitrogens with zero attached hydrogens (tertiary/aromatic N) is 2. The lowest BCUT2D eigenvalue weighted by atomic mass is 10.1. The van der Waals surface area contributed by atoms with E-state index >= 15 is 0 Å². The van der Waals surface area contributed by atoms with Gasteiger partial charge in [0.1, 0.15) is 11.5 Å². The highest BCUT2D eigenvalue weighted by molar-refractivity contribution is 5.83. The minimum Gasteiger partial charge on any atom is -0.494 e. The molecule has 2 aromatic carbocycles. The second-order valence-corrected chi connectivity index (χ2v) is 9.40. The number of carbonyl (C=O) groups excluding carboxylic acids is 2. The zero-order chi connectivity index (χ0) is 28.0. The van der Waals surface area contributed by atoms with Crippen LogP contribution in [-0.4, -0.2) is 37.5 Å². The lowest BCUT2D eigenvalue weighted by Gasteiger charge is -2.05. The Labute approximate surface area is 233 Å². The van der Waals surface area contributed by atoms with E-state index in [2.05, 4.69) is 34.9 Å². The first-order valence-corrected chi connectivity index (χ1v) is 14.2. The van der Waals surface area contributed by atoms with Gasteiger partial charge in [0.2, 0.25) is 11.8 Å². The first-order chi connectivity index (χ1) is 19.1. The van der Waals surface area contributed by atoms with Gasteiger partial charge in [-0.3, -0.25) is 9.59 Å². The molecule has 0 heterocycles. The summed E-state index contributed by atoms with van der Waals surface area (Å²) in [6, 6.07) is 15.3. The van der Waals surface area contributed by atoms with Crippen LogP contribution in [0.25, 0.3) is 0 Å². The Balaban J connectivity index is 1.47. The Morgan fingerprint density at radius 1 is 0.615 bits per heavy atom. The molecule has 0 aliphatic heterocycles. The fourth-order valence-corrected chi connectivity index (χ4v) is 3.54. The molecule has 8 heteroatoms. The second-order valence-electron chi connectivity index (χ2n) is 9.40. The Morgan fingerprint density at radius 2 is 1.00 bits per heavy atom. The number of amides is 2. The van der Waals surface area contributed by atoms with Crippen LogP contribution in [0, 0.1) is 0 Å². The number of ether oxygens (including phenoxy) is 2. The second kappa shape index (κ2) is 20.3. The number of carbonyl (C=O) groups is 2. The van der Waals surface area contributed by atoms with Crippen LogP contribution in [0.3, 0.4) is 0 Å². The summed E-state index contributed by atoms with van der Waals surface area (Å²) in [4.78, 5) is 23.9. The summed E-state index contributed by atoms with van der Waals surface area (Å²) in [5, 5.41) is 8.06. The molecule has 39 heavy (non-hydrogen) atoms. The number of hydrazone groups is 2. The lowest BCUT2D eigenvalue weighted by molar-refractivity contribution is -0.121. The van der Waals surface area contributed by atoms with Crippen LogP contribution in [0.1, 0.15) is 95.6 Å². The maximum atomic E-state index is 12.0. The van der Waals surface area contributed by atoms with Crippen LogP contribution in [0.4, 0.5) is 0 Å². The molecule has 0 radical (unpaired) electrons. The molecule has 0 spiro atoms. The van der Waals surface area contributed by atoms with Gasteiger partial charge < -0.3 is 9.47 Å². The van der Waals surface area contributed by atoms with Gasteiger partial charge in [0.25, 0.3) is 0 Å². The standard InChI is InChI=1S/C31H44N4O4/c1-3-5-22-38-28-18-14-26(15-19-28)24-32-34-30(36)12-10-8-7-9-11-13-31(37)35-33-25-27-16-20-29(21-17-27)39-23-6-4-2/h14-21,24-25H,3-13,22-23H2,1-2H3,(H,34,36)(H,35,37)/b32-24+,33-25+. The summed E-state index contributed by atoms with van der Waals surface area (Å²) >= 11 is 0. The predicted octanol–water partition coefficient (Wildman–Crippen LogP) is 6.38. The molecule has 0 aliphatic carbocycles. The quantitative estimate of drug-likeness (QED) is 0.117. The molecular weight excluding hydrogens is 492 g/mol. The van der Waals surface area contributed by atoms with E-state index in [-0.39, 0.29) is 11.8 Å². The van der Waals surface area contributed by atoms with Gasteiger partial charge in [-0.15, -0.1) is 0 Å². The molecule has 2 aromatic rings. The summed E-state index contributed by atoms with van der Waals surface area (Å²) < 4.78 is 11.3. The number of nitrogens with one attached hydrogen (secondary N) is 2. The molecule has 8 nitrogen and oxygen atoms in total. The van der Waals surface area contributed by atoms with Crippen molar-refractivity contribution in [2.24, 2.45) is 10.2 Å². The highest BCUT2D eigenvalue weighted by atomic mass is 16.5. The van der Waals surface area contributed by atoms with Crippen molar-refractivity contribution in [3.8, 4) is 11.5 Å². The van der Waals surface area contributed by atoms with Crippen molar-refractivity contribution in [2.75, 3.05) is 13.2 Å². The Bertz CT molecular complexity index is 923. The molecule has 0 unspecified atom stereocenters. The first kappa shape index (κ1) is 31.5. The first-order valence-electron chi connectivity index (χ1n) is 14.2. The van der Waals surface area contributed by atoms with E-state index in [0.29, 0.717) is 12.8 Å². The number of unbranched alkanes of at least 4 members (excludes halogenated alkanes) is 6. The number of benzene rings is 2. The molecule has 0 aromatic heterocycles. The molecule has 0 saturated heterocycles. The highest BCUT2D eigenvalue weighted by Gasteiger charge is 2.02. The third kappa shape index (κ3) is 15.4. The summed E-state index contributed by atoms with van der Waals surface area (Å²) in [5.41, 5.74) is 6.95. The zero-order valence-corrected chi connectivity index (χ0v) is 23.5. The third-order valence-corrected chi connectivity index (χ3v) is 5.91. The van der Waals surface area contributed by atoms with Crippen LogP contribution in [0.15, 0.2) is 58.7 Å². The fourth-order valence-electron chi connectivity index (χ4n) is 3.54. The number of rotatable bonds is 20. The fraction of sp³-hybridized carbons (Fsp3) is 0.484. The van der Waals surface area contributed by atoms with E-state index < -0.39 is 0 Å².